The number of hydrogen-bond donors (Lipinski definition) is 1. The Morgan fingerprint density at radius 2 is 1.93 bits per heavy atom. The van der Waals surface area contributed by atoms with E-state index in [1.165, 1.54) is 11.1 Å². The molecule has 148 valence electrons. The fourth-order valence-corrected chi connectivity index (χ4v) is 3.86. The van der Waals surface area contributed by atoms with Crippen LogP contribution in [0.25, 0.3) is 0 Å². The molecule has 0 aliphatic carbocycles. The monoisotopic (exact) mass is 387 g/mol. The minimum absolute atomic E-state index is 0.0112. The number of benzene rings is 2. The molecule has 0 radical (unpaired) electrons. The molecule has 29 heavy (non-hydrogen) atoms. The van der Waals surface area contributed by atoms with E-state index < -0.39 is 0 Å². The van der Waals surface area contributed by atoms with Gasteiger partial charge in [0.2, 0.25) is 5.91 Å². The molecule has 0 fully saturated rings. The quantitative estimate of drug-likeness (QED) is 0.705. The molecule has 3 aromatic rings. The maximum absolute atomic E-state index is 12.9. The Balaban J connectivity index is 1.48. The average molecular weight is 387 g/mol. The number of hydrogen-bond acceptors (Lipinski definition) is 4. The highest BCUT2D eigenvalue weighted by Gasteiger charge is 2.23. The maximum atomic E-state index is 12.9. The van der Waals surface area contributed by atoms with Crippen LogP contribution in [0, 0.1) is 0 Å². The third-order valence-corrected chi connectivity index (χ3v) is 5.32. The zero-order valence-electron chi connectivity index (χ0n) is 16.5. The first-order valence-corrected chi connectivity index (χ1v) is 9.87. The first kappa shape index (κ1) is 19.2. The van der Waals surface area contributed by atoms with Crippen molar-refractivity contribution in [2.24, 2.45) is 0 Å². The molecule has 0 bridgehead atoms. The minimum atomic E-state index is -0.267. The Labute approximate surface area is 171 Å². The fraction of sp³-hybridized carbons (Fsp3) is 0.250. The van der Waals surface area contributed by atoms with Gasteiger partial charge >= 0.3 is 0 Å². The van der Waals surface area contributed by atoms with Crippen molar-refractivity contribution in [2.45, 2.75) is 19.0 Å². The molecule has 1 aliphatic rings. The number of methoxy groups -OCH3 is 1. The Hall–Kier alpha value is -3.18. The van der Waals surface area contributed by atoms with E-state index in [0.717, 1.165) is 30.0 Å². The summed E-state index contributed by atoms with van der Waals surface area (Å²) in [6.07, 6.45) is 2.67. The average Bonchev–Trinajstić information content (AvgIpc) is 2.78. The number of rotatable bonds is 6. The number of carbonyl (C=O) groups is 1. The summed E-state index contributed by atoms with van der Waals surface area (Å²) < 4.78 is 5.51. The number of amides is 1. The van der Waals surface area contributed by atoms with Crippen molar-refractivity contribution in [3.8, 4) is 5.75 Å². The van der Waals surface area contributed by atoms with Crippen LogP contribution in [0.15, 0.2) is 72.9 Å². The SMILES string of the molecule is COc1cccc2c1CN(CC(=O)NC(c1ccccc1)c1ccccn1)CC2. The van der Waals surface area contributed by atoms with Crippen LogP contribution >= 0.6 is 0 Å². The van der Waals surface area contributed by atoms with Crippen LogP contribution in [0.1, 0.15) is 28.4 Å². The van der Waals surface area contributed by atoms with Crippen LogP contribution in [-0.2, 0) is 17.8 Å². The predicted molar refractivity (Wildman–Crippen MR) is 113 cm³/mol. The normalized spacial score (nSPS) is 14.7. The Kier molecular flexibility index (Phi) is 5.86. The van der Waals surface area contributed by atoms with E-state index in [0.29, 0.717) is 13.1 Å². The first-order chi connectivity index (χ1) is 14.2. The molecule has 0 saturated carbocycles. The third kappa shape index (κ3) is 4.46. The zero-order chi connectivity index (χ0) is 20.1. The third-order valence-electron chi connectivity index (χ3n) is 5.32. The molecule has 1 aliphatic heterocycles. The van der Waals surface area contributed by atoms with Gasteiger partial charge in [0.05, 0.1) is 25.4 Å². The standard InChI is InChI=1S/C24H25N3O2/c1-29-22-12-7-10-18-13-15-27(16-20(18)22)17-23(28)26-24(19-8-3-2-4-9-19)21-11-5-6-14-25-21/h2-12,14,24H,13,15-17H2,1H3,(H,26,28). The number of aromatic nitrogens is 1. The molecule has 0 spiro atoms. The van der Waals surface area contributed by atoms with Crippen LogP contribution in [0.3, 0.4) is 0 Å². The van der Waals surface area contributed by atoms with E-state index in [4.69, 9.17) is 4.74 Å². The van der Waals surface area contributed by atoms with E-state index in [9.17, 15) is 4.79 Å². The van der Waals surface area contributed by atoms with Gasteiger partial charge in [-0.05, 0) is 35.7 Å². The topological polar surface area (TPSA) is 54.5 Å². The second-order valence-electron chi connectivity index (χ2n) is 7.22. The molecular formula is C24H25N3O2. The molecular weight excluding hydrogens is 362 g/mol. The largest absolute Gasteiger partial charge is 0.496 e. The Morgan fingerprint density at radius 1 is 1.10 bits per heavy atom. The Bertz CT molecular complexity index is 907. The number of fused-ring (bicyclic) bond motifs is 1. The molecule has 0 saturated heterocycles. The van der Waals surface area contributed by atoms with Gasteiger partial charge in [-0.2, -0.15) is 0 Å². The summed E-state index contributed by atoms with van der Waals surface area (Å²) in [4.78, 5) is 19.6. The highest BCUT2D eigenvalue weighted by molar-refractivity contribution is 5.79. The molecule has 1 atom stereocenters. The number of pyridine rings is 1. The summed E-state index contributed by atoms with van der Waals surface area (Å²) in [6, 6.07) is 21.6. The second kappa shape index (κ2) is 8.88. The van der Waals surface area contributed by atoms with Gasteiger partial charge in [-0.15, -0.1) is 0 Å². The maximum Gasteiger partial charge on any atom is 0.234 e. The molecule has 1 amide bonds. The predicted octanol–water partition coefficient (Wildman–Crippen LogP) is 3.35. The molecule has 2 aromatic carbocycles. The van der Waals surface area contributed by atoms with Crippen molar-refractivity contribution in [3.63, 3.8) is 0 Å². The van der Waals surface area contributed by atoms with Crippen molar-refractivity contribution in [2.75, 3.05) is 20.2 Å². The van der Waals surface area contributed by atoms with Crippen LogP contribution in [0.2, 0.25) is 0 Å². The number of nitrogens with zero attached hydrogens (tertiary/aromatic N) is 2. The second-order valence-corrected chi connectivity index (χ2v) is 7.22. The van der Waals surface area contributed by atoms with Gasteiger partial charge in [-0.3, -0.25) is 14.7 Å². The van der Waals surface area contributed by atoms with E-state index in [1.807, 2.05) is 60.7 Å². The van der Waals surface area contributed by atoms with Gasteiger partial charge in [0.15, 0.2) is 0 Å². The van der Waals surface area contributed by atoms with Gasteiger partial charge in [-0.1, -0.05) is 48.5 Å². The summed E-state index contributed by atoms with van der Waals surface area (Å²) in [5, 5.41) is 3.18. The highest BCUT2D eigenvalue weighted by atomic mass is 16.5. The van der Waals surface area contributed by atoms with E-state index in [-0.39, 0.29) is 11.9 Å². The van der Waals surface area contributed by atoms with Gasteiger partial charge < -0.3 is 10.1 Å². The van der Waals surface area contributed by atoms with Gasteiger partial charge in [0.25, 0.3) is 0 Å². The van der Waals surface area contributed by atoms with Crippen molar-refractivity contribution >= 4 is 5.91 Å². The lowest BCUT2D eigenvalue weighted by Gasteiger charge is -2.30. The van der Waals surface area contributed by atoms with Gasteiger partial charge in [-0.25, -0.2) is 0 Å². The zero-order valence-corrected chi connectivity index (χ0v) is 16.5. The van der Waals surface area contributed by atoms with Crippen molar-refractivity contribution in [1.29, 1.82) is 0 Å². The van der Waals surface area contributed by atoms with Crippen molar-refractivity contribution < 1.29 is 9.53 Å². The molecule has 4 rings (SSSR count). The van der Waals surface area contributed by atoms with E-state index in [1.54, 1.807) is 13.3 Å². The molecule has 5 heteroatoms. The smallest absolute Gasteiger partial charge is 0.234 e. The molecule has 1 aromatic heterocycles. The van der Waals surface area contributed by atoms with E-state index >= 15 is 0 Å². The highest BCUT2D eigenvalue weighted by Crippen LogP contribution is 2.28. The van der Waals surface area contributed by atoms with Crippen molar-refractivity contribution in [3.05, 3.63) is 95.3 Å². The fourth-order valence-electron chi connectivity index (χ4n) is 3.86. The van der Waals surface area contributed by atoms with Gasteiger partial charge in [0, 0.05) is 24.8 Å². The Morgan fingerprint density at radius 3 is 2.69 bits per heavy atom. The summed E-state index contributed by atoms with van der Waals surface area (Å²) >= 11 is 0. The molecule has 5 nitrogen and oxygen atoms in total. The molecule has 1 N–H and O–H groups in total. The van der Waals surface area contributed by atoms with Gasteiger partial charge in [0.1, 0.15) is 5.75 Å². The van der Waals surface area contributed by atoms with Crippen LogP contribution in [0.4, 0.5) is 0 Å². The van der Waals surface area contributed by atoms with E-state index in [2.05, 4.69) is 21.3 Å². The lowest BCUT2D eigenvalue weighted by atomic mass is 9.98. The minimum Gasteiger partial charge on any atom is -0.496 e. The summed E-state index contributed by atoms with van der Waals surface area (Å²) in [6.45, 7) is 1.91. The lowest BCUT2D eigenvalue weighted by Crippen LogP contribution is -2.41. The molecule has 2 heterocycles. The van der Waals surface area contributed by atoms with Crippen LogP contribution in [0.5, 0.6) is 5.75 Å². The first-order valence-electron chi connectivity index (χ1n) is 9.87. The summed E-state index contributed by atoms with van der Waals surface area (Å²) in [5.74, 6) is 0.881. The van der Waals surface area contributed by atoms with Crippen LogP contribution < -0.4 is 10.1 Å². The summed E-state index contributed by atoms with van der Waals surface area (Å²) in [5.41, 5.74) is 4.33. The lowest BCUT2D eigenvalue weighted by molar-refractivity contribution is -0.123. The van der Waals surface area contributed by atoms with Crippen molar-refractivity contribution in [1.82, 2.24) is 15.2 Å². The van der Waals surface area contributed by atoms with Crippen LogP contribution in [-0.4, -0.2) is 36.0 Å². The number of nitrogens with one attached hydrogen (secondary N) is 1. The number of carbonyl (C=O) groups excluding carboxylic acids is 1. The molecule has 1 unspecified atom stereocenters. The number of ether oxygens (including phenoxy) is 1. The summed E-state index contributed by atoms with van der Waals surface area (Å²) in [7, 11) is 1.69.